The zero-order chi connectivity index (χ0) is 27.9. The van der Waals surface area contributed by atoms with Crippen LogP contribution >= 0.6 is 0 Å². The summed E-state index contributed by atoms with van der Waals surface area (Å²) in [6.07, 6.45) is 2.41. The smallest absolute Gasteiger partial charge is 0.421 e. The molecular formula is C27H38N2O9S. The van der Waals surface area contributed by atoms with Crippen molar-refractivity contribution in [3.05, 3.63) is 53.6 Å². The molecule has 0 aromatic heterocycles. The van der Waals surface area contributed by atoms with Crippen molar-refractivity contribution in [2.75, 3.05) is 53.8 Å². The molecular weight excluding hydrogens is 528 g/mol. The van der Waals surface area contributed by atoms with E-state index in [0.717, 1.165) is 30.6 Å². The molecule has 3 rings (SSSR count). The van der Waals surface area contributed by atoms with Crippen LogP contribution in [0, 0.1) is 0 Å². The number of hydrogen-bond acceptors (Lipinski definition) is 9. The Labute approximate surface area is 230 Å². The molecule has 1 heterocycles. The quantitative estimate of drug-likeness (QED) is 0.278. The summed E-state index contributed by atoms with van der Waals surface area (Å²) in [5.41, 5.74) is 1.76. The number of carbonyl (C=O) groups is 1. The van der Waals surface area contributed by atoms with Gasteiger partial charge in [-0.25, -0.2) is 9.52 Å². The first-order chi connectivity index (χ1) is 18.9. The normalized spacial score (nSPS) is 15.1. The van der Waals surface area contributed by atoms with Crippen LogP contribution in [0.2, 0.25) is 0 Å². The van der Waals surface area contributed by atoms with Crippen molar-refractivity contribution in [2.45, 2.75) is 38.2 Å². The van der Waals surface area contributed by atoms with Gasteiger partial charge in [0.1, 0.15) is 30.5 Å². The average Bonchev–Trinajstić information content (AvgIpc) is 3.44. The summed E-state index contributed by atoms with van der Waals surface area (Å²) in [5.74, 6) is 2.00. The molecule has 1 atom stereocenters. The lowest BCUT2D eigenvalue weighted by atomic mass is 10.1. The van der Waals surface area contributed by atoms with Crippen LogP contribution in [0.5, 0.6) is 17.2 Å². The van der Waals surface area contributed by atoms with E-state index in [1.165, 1.54) is 0 Å². The number of rotatable bonds is 17. The van der Waals surface area contributed by atoms with Crippen LogP contribution in [0.25, 0.3) is 0 Å². The van der Waals surface area contributed by atoms with Crippen molar-refractivity contribution < 1.29 is 41.6 Å². The van der Waals surface area contributed by atoms with E-state index in [0.29, 0.717) is 56.3 Å². The van der Waals surface area contributed by atoms with Crippen molar-refractivity contribution >= 4 is 16.3 Å². The fourth-order valence-corrected chi connectivity index (χ4v) is 4.72. The SMILES string of the molecule is COCCOc1ccc(CCCOC(=O)NS(=O)(=O)NCCc2ccccc2OC)c(OCC2CCCO2)c1. The fraction of sp³-hybridized carbons (Fsp3) is 0.519. The number of ether oxygens (including phenoxy) is 6. The standard InChI is InChI=1S/C27H38N2O9S/c1-33-17-18-36-23-12-11-21(26(19-23)38-20-24-9-6-15-35-24)8-5-16-37-27(30)29-39(31,32)28-14-13-22-7-3-4-10-25(22)34-2/h3-4,7,10-12,19,24,28H,5-6,8-9,13-18,20H2,1-2H3,(H,29,30). The molecule has 0 spiro atoms. The lowest BCUT2D eigenvalue weighted by Crippen LogP contribution is -2.41. The van der Waals surface area contributed by atoms with Gasteiger partial charge in [-0.3, -0.25) is 0 Å². The molecule has 1 saturated heterocycles. The summed E-state index contributed by atoms with van der Waals surface area (Å²) in [7, 11) is -0.906. The van der Waals surface area contributed by atoms with Gasteiger partial charge in [-0.15, -0.1) is 0 Å². The Morgan fingerprint density at radius 2 is 1.82 bits per heavy atom. The van der Waals surface area contributed by atoms with E-state index < -0.39 is 16.3 Å². The second-order valence-electron chi connectivity index (χ2n) is 8.86. The predicted molar refractivity (Wildman–Crippen MR) is 145 cm³/mol. The molecule has 1 amide bonds. The Bertz CT molecular complexity index is 1140. The Morgan fingerprint density at radius 1 is 1.00 bits per heavy atom. The van der Waals surface area contributed by atoms with E-state index in [9.17, 15) is 13.2 Å². The summed E-state index contributed by atoms with van der Waals surface area (Å²) in [6.45, 7) is 2.19. The average molecular weight is 567 g/mol. The number of benzene rings is 2. The largest absolute Gasteiger partial charge is 0.496 e. The third-order valence-electron chi connectivity index (χ3n) is 5.96. The Balaban J connectivity index is 1.43. The zero-order valence-corrected chi connectivity index (χ0v) is 23.3. The van der Waals surface area contributed by atoms with Gasteiger partial charge in [0.15, 0.2) is 0 Å². The molecule has 1 aliphatic rings. The number of methoxy groups -OCH3 is 2. The molecule has 0 aliphatic carbocycles. The van der Waals surface area contributed by atoms with Gasteiger partial charge < -0.3 is 28.4 Å². The minimum Gasteiger partial charge on any atom is -0.496 e. The minimum absolute atomic E-state index is 0.0276. The molecule has 0 bridgehead atoms. The van der Waals surface area contributed by atoms with Gasteiger partial charge in [-0.05, 0) is 55.4 Å². The second kappa shape index (κ2) is 16.1. The van der Waals surface area contributed by atoms with Crippen molar-refractivity contribution in [2.24, 2.45) is 0 Å². The molecule has 1 fully saturated rings. The maximum absolute atomic E-state index is 12.2. The first kappa shape index (κ1) is 30.5. The number of para-hydroxylation sites is 1. The first-order valence-corrected chi connectivity index (χ1v) is 14.4. The van der Waals surface area contributed by atoms with E-state index in [1.54, 1.807) is 20.3 Å². The highest BCUT2D eigenvalue weighted by atomic mass is 32.2. The number of hydrogen-bond donors (Lipinski definition) is 2. The van der Waals surface area contributed by atoms with Crippen LogP contribution in [0.3, 0.4) is 0 Å². The number of carbonyl (C=O) groups excluding carboxylic acids is 1. The lowest BCUT2D eigenvalue weighted by Gasteiger charge is -2.16. The summed E-state index contributed by atoms with van der Waals surface area (Å²) in [5, 5.41) is 0. The predicted octanol–water partition coefficient (Wildman–Crippen LogP) is 3.01. The molecule has 0 radical (unpaired) electrons. The molecule has 11 nitrogen and oxygen atoms in total. The van der Waals surface area contributed by atoms with E-state index in [2.05, 4.69) is 4.72 Å². The number of amides is 1. The molecule has 2 aromatic carbocycles. The van der Waals surface area contributed by atoms with Crippen LogP contribution in [0.4, 0.5) is 4.79 Å². The Hall–Kier alpha value is -3.06. The summed E-state index contributed by atoms with van der Waals surface area (Å²) in [6, 6.07) is 12.9. The summed E-state index contributed by atoms with van der Waals surface area (Å²) >= 11 is 0. The Kier molecular flexibility index (Phi) is 12.6. The highest BCUT2D eigenvalue weighted by molar-refractivity contribution is 7.88. The van der Waals surface area contributed by atoms with Gasteiger partial charge in [0, 0.05) is 26.3 Å². The van der Waals surface area contributed by atoms with Crippen molar-refractivity contribution in [1.82, 2.24) is 9.44 Å². The molecule has 12 heteroatoms. The van der Waals surface area contributed by atoms with E-state index in [1.807, 2.05) is 41.1 Å². The topological polar surface area (TPSA) is 131 Å². The highest BCUT2D eigenvalue weighted by Crippen LogP contribution is 2.27. The molecule has 0 saturated carbocycles. The van der Waals surface area contributed by atoms with Crippen LogP contribution in [-0.4, -0.2) is 74.4 Å². The molecule has 216 valence electrons. The van der Waals surface area contributed by atoms with Crippen molar-refractivity contribution in [3.63, 3.8) is 0 Å². The van der Waals surface area contributed by atoms with E-state index in [4.69, 9.17) is 28.4 Å². The first-order valence-electron chi connectivity index (χ1n) is 13.0. The second-order valence-corrected chi connectivity index (χ2v) is 10.4. The number of nitrogens with one attached hydrogen (secondary N) is 2. The van der Waals surface area contributed by atoms with Gasteiger partial charge in [0.05, 0.1) is 26.4 Å². The van der Waals surface area contributed by atoms with Gasteiger partial charge in [-0.1, -0.05) is 24.3 Å². The Morgan fingerprint density at radius 3 is 2.59 bits per heavy atom. The maximum atomic E-state index is 12.2. The summed E-state index contributed by atoms with van der Waals surface area (Å²) in [4.78, 5) is 12.1. The molecule has 1 unspecified atom stereocenters. The zero-order valence-electron chi connectivity index (χ0n) is 22.5. The lowest BCUT2D eigenvalue weighted by molar-refractivity contribution is 0.0674. The fourth-order valence-electron chi connectivity index (χ4n) is 4.00. The van der Waals surface area contributed by atoms with Gasteiger partial charge in [-0.2, -0.15) is 13.1 Å². The number of aryl methyl sites for hydroxylation is 1. The van der Waals surface area contributed by atoms with Crippen LogP contribution in [0.15, 0.2) is 42.5 Å². The van der Waals surface area contributed by atoms with Crippen LogP contribution < -0.4 is 23.7 Å². The van der Waals surface area contributed by atoms with E-state index >= 15 is 0 Å². The molecule has 2 N–H and O–H groups in total. The minimum atomic E-state index is -4.07. The maximum Gasteiger partial charge on any atom is 0.421 e. The van der Waals surface area contributed by atoms with Gasteiger partial charge in [0.2, 0.25) is 0 Å². The third kappa shape index (κ3) is 10.9. The summed E-state index contributed by atoms with van der Waals surface area (Å²) < 4.78 is 61.3. The molecule has 39 heavy (non-hydrogen) atoms. The molecule has 2 aromatic rings. The van der Waals surface area contributed by atoms with Gasteiger partial charge in [0.25, 0.3) is 0 Å². The van der Waals surface area contributed by atoms with E-state index in [-0.39, 0.29) is 19.3 Å². The van der Waals surface area contributed by atoms with Crippen molar-refractivity contribution in [1.29, 1.82) is 0 Å². The van der Waals surface area contributed by atoms with Gasteiger partial charge >= 0.3 is 16.3 Å². The highest BCUT2D eigenvalue weighted by Gasteiger charge is 2.18. The van der Waals surface area contributed by atoms with Crippen LogP contribution in [0.1, 0.15) is 30.4 Å². The third-order valence-corrected chi connectivity index (χ3v) is 6.98. The van der Waals surface area contributed by atoms with Crippen LogP contribution in [-0.2, 0) is 37.3 Å². The monoisotopic (exact) mass is 566 g/mol. The molecule has 1 aliphatic heterocycles. The van der Waals surface area contributed by atoms with Crippen molar-refractivity contribution in [3.8, 4) is 17.2 Å².